The van der Waals surface area contributed by atoms with E-state index < -0.39 is 11.6 Å². The fourth-order valence-electron chi connectivity index (χ4n) is 1.12. The van der Waals surface area contributed by atoms with Crippen molar-refractivity contribution in [2.75, 3.05) is 0 Å². The third kappa shape index (κ3) is 1.46. The van der Waals surface area contributed by atoms with Crippen LogP contribution in [0.15, 0.2) is 28.4 Å². The summed E-state index contributed by atoms with van der Waals surface area (Å²) >= 11 is 0.914. The summed E-state index contributed by atoms with van der Waals surface area (Å²) in [5, 5.41) is 1.46. The van der Waals surface area contributed by atoms with Crippen molar-refractivity contribution in [3.05, 3.63) is 44.9 Å². The molecule has 0 bridgehead atoms. The van der Waals surface area contributed by atoms with Crippen LogP contribution >= 0.6 is 11.3 Å². The Morgan fingerprint density at radius 1 is 1.29 bits per heavy atom. The Bertz CT molecular complexity index is 518. The molecule has 0 saturated heterocycles. The fourth-order valence-corrected chi connectivity index (χ4v) is 1.70. The molecule has 2 rings (SSSR count). The van der Waals surface area contributed by atoms with Crippen molar-refractivity contribution in [1.82, 2.24) is 4.98 Å². The Balaban J connectivity index is 2.62. The standard InChI is InChI=1S/C9H5F2NOS/c10-6-3-1-2-5(8(6)11)7-4-14-9(13)12-7/h1-4H,(H,12,13). The lowest BCUT2D eigenvalue weighted by atomic mass is 10.1. The topological polar surface area (TPSA) is 32.9 Å². The van der Waals surface area contributed by atoms with Crippen LogP contribution < -0.4 is 4.87 Å². The van der Waals surface area contributed by atoms with Gasteiger partial charge in [0.15, 0.2) is 11.6 Å². The van der Waals surface area contributed by atoms with Gasteiger partial charge < -0.3 is 4.98 Å². The van der Waals surface area contributed by atoms with Crippen LogP contribution in [0.2, 0.25) is 0 Å². The summed E-state index contributed by atoms with van der Waals surface area (Å²) in [6.45, 7) is 0. The molecule has 14 heavy (non-hydrogen) atoms. The van der Waals surface area contributed by atoms with Gasteiger partial charge in [0.2, 0.25) is 0 Å². The maximum Gasteiger partial charge on any atom is 0.304 e. The molecule has 5 heteroatoms. The van der Waals surface area contributed by atoms with E-state index in [-0.39, 0.29) is 10.4 Å². The highest BCUT2D eigenvalue weighted by Gasteiger charge is 2.10. The van der Waals surface area contributed by atoms with Crippen molar-refractivity contribution in [2.24, 2.45) is 0 Å². The summed E-state index contributed by atoms with van der Waals surface area (Å²) in [5.74, 6) is -1.86. The number of halogens is 2. The highest BCUT2D eigenvalue weighted by molar-refractivity contribution is 7.07. The molecule has 0 spiro atoms. The number of aromatic amines is 1. The average molecular weight is 213 g/mol. The molecule has 1 aromatic carbocycles. The van der Waals surface area contributed by atoms with Crippen LogP contribution in [0.4, 0.5) is 8.78 Å². The maximum absolute atomic E-state index is 13.2. The summed E-state index contributed by atoms with van der Waals surface area (Å²) in [7, 11) is 0. The van der Waals surface area contributed by atoms with Gasteiger partial charge in [0.25, 0.3) is 0 Å². The van der Waals surface area contributed by atoms with Gasteiger partial charge in [-0.25, -0.2) is 8.78 Å². The minimum atomic E-state index is -0.943. The Hall–Kier alpha value is -1.49. The maximum atomic E-state index is 13.2. The van der Waals surface area contributed by atoms with Gasteiger partial charge >= 0.3 is 4.87 Å². The lowest BCUT2D eigenvalue weighted by molar-refractivity contribution is 0.511. The van der Waals surface area contributed by atoms with Crippen LogP contribution in [-0.4, -0.2) is 4.98 Å². The van der Waals surface area contributed by atoms with Crippen LogP contribution in [-0.2, 0) is 0 Å². The summed E-state index contributed by atoms with van der Waals surface area (Å²) in [6.07, 6.45) is 0. The molecule has 0 unspecified atom stereocenters. The Morgan fingerprint density at radius 3 is 2.71 bits per heavy atom. The van der Waals surface area contributed by atoms with E-state index in [0.29, 0.717) is 5.69 Å². The Labute approximate surface area is 81.8 Å². The van der Waals surface area contributed by atoms with Crippen molar-refractivity contribution in [2.45, 2.75) is 0 Å². The largest absolute Gasteiger partial charge is 0.312 e. The molecule has 1 heterocycles. The van der Waals surface area contributed by atoms with Gasteiger partial charge in [-0.05, 0) is 12.1 Å². The first-order chi connectivity index (χ1) is 6.68. The SMILES string of the molecule is O=c1[nH]c(-c2cccc(F)c2F)cs1. The smallest absolute Gasteiger partial charge is 0.304 e. The molecule has 0 aliphatic heterocycles. The molecule has 0 aliphatic rings. The second-order valence-corrected chi connectivity index (χ2v) is 3.51. The molecule has 0 atom stereocenters. The van der Waals surface area contributed by atoms with E-state index in [1.165, 1.54) is 17.5 Å². The van der Waals surface area contributed by atoms with Crippen molar-refractivity contribution in [1.29, 1.82) is 0 Å². The number of thiazole rings is 1. The van der Waals surface area contributed by atoms with Crippen molar-refractivity contribution in [3.8, 4) is 11.3 Å². The van der Waals surface area contributed by atoms with E-state index in [1.54, 1.807) is 0 Å². The molecule has 0 saturated carbocycles. The second-order valence-electron chi connectivity index (χ2n) is 2.66. The summed E-state index contributed by atoms with van der Waals surface area (Å²) < 4.78 is 26.0. The normalized spacial score (nSPS) is 10.4. The molecule has 0 fully saturated rings. The zero-order valence-corrected chi connectivity index (χ0v) is 7.70. The second kappa shape index (κ2) is 3.34. The van der Waals surface area contributed by atoms with Gasteiger partial charge in [0, 0.05) is 10.9 Å². The van der Waals surface area contributed by atoms with Gasteiger partial charge in [-0.2, -0.15) is 0 Å². The Kier molecular flexibility index (Phi) is 2.17. The molecule has 2 aromatic rings. The molecule has 0 aliphatic carbocycles. The first-order valence-electron chi connectivity index (χ1n) is 3.80. The summed E-state index contributed by atoms with van der Waals surface area (Å²) in [4.78, 5) is 12.9. The lowest BCUT2D eigenvalue weighted by Crippen LogP contribution is -1.94. The predicted molar refractivity (Wildman–Crippen MR) is 50.3 cm³/mol. The summed E-state index contributed by atoms with van der Waals surface area (Å²) in [5.41, 5.74) is 0.375. The number of benzene rings is 1. The fraction of sp³-hybridized carbons (Fsp3) is 0. The quantitative estimate of drug-likeness (QED) is 0.775. The zero-order chi connectivity index (χ0) is 10.1. The predicted octanol–water partition coefficient (Wildman–Crippen LogP) is 2.38. The first-order valence-corrected chi connectivity index (χ1v) is 4.68. The van der Waals surface area contributed by atoms with Crippen LogP contribution in [0, 0.1) is 11.6 Å². The van der Waals surface area contributed by atoms with E-state index in [2.05, 4.69) is 4.98 Å². The third-order valence-electron chi connectivity index (χ3n) is 1.76. The number of aromatic nitrogens is 1. The number of rotatable bonds is 1. The third-order valence-corrected chi connectivity index (χ3v) is 2.43. The van der Waals surface area contributed by atoms with Gasteiger partial charge in [-0.3, -0.25) is 4.79 Å². The van der Waals surface area contributed by atoms with E-state index in [1.807, 2.05) is 0 Å². The number of H-pyrrole nitrogens is 1. The molecule has 0 radical (unpaired) electrons. The molecule has 2 nitrogen and oxygen atoms in total. The van der Waals surface area contributed by atoms with Crippen LogP contribution in [0.5, 0.6) is 0 Å². The first kappa shape index (κ1) is 9.08. The number of nitrogens with one attached hydrogen (secondary N) is 1. The van der Waals surface area contributed by atoms with Crippen LogP contribution in [0.1, 0.15) is 0 Å². The van der Waals surface area contributed by atoms with E-state index in [0.717, 1.165) is 17.4 Å². The Morgan fingerprint density at radius 2 is 2.07 bits per heavy atom. The van der Waals surface area contributed by atoms with E-state index in [9.17, 15) is 13.6 Å². The molecule has 1 aromatic heterocycles. The molecular formula is C9H5F2NOS. The number of hydrogen-bond donors (Lipinski definition) is 1. The van der Waals surface area contributed by atoms with Crippen LogP contribution in [0.25, 0.3) is 11.3 Å². The molecule has 1 N–H and O–H groups in total. The monoisotopic (exact) mass is 213 g/mol. The zero-order valence-electron chi connectivity index (χ0n) is 6.88. The van der Waals surface area contributed by atoms with Gasteiger partial charge in [0.05, 0.1) is 5.69 Å². The number of hydrogen-bond acceptors (Lipinski definition) is 2. The molecular weight excluding hydrogens is 208 g/mol. The minimum Gasteiger partial charge on any atom is -0.312 e. The van der Waals surface area contributed by atoms with Crippen molar-refractivity contribution >= 4 is 11.3 Å². The van der Waals surface area contributed by atoms with Crippen molar-refractivity contribution in [3.63, 3.8) is 0 Å². The summed E-state index contributed by atoms with van der Waals surface area (Å²) in [6, 6.07) is 3.84. The highest BCUT2D eigenvalue weighted by atomic mass is 32.1. The molecule has 72 valence electrons. The van der Waals surface area contributed by atoms with E-state index in [4.69, 9.17) is 0 Å². The lowest BCUT2D eigenvalue weighted by Gasteiger charge is -1.99. The minimum absolute atomic E-state index is 0.0725. The van der Waals surface area contributed by atoms with Gasteiger partial charge in [-0.1, -0.05) is 17.4 Å². The van der Waals surface area contributed by atoms with Crippen LogP contribution in [0.3, 0.4) is 0 Å². The average Bonchev–Trinajstić information content (AvgIpc) is 2.57. The van der Waals surface area contributed by atoms with E-state index >= 15 is 0 Å². The van der Waals surface area contributed by atoms with Crippen molar-refractivity contribution < 1.29 is 8.78 Å². The molecule has 0 amide bonds. The van der Waals surface area contributed by atoms with Gasteiger partial charge in [0.1, 0.15) is 0 Å². The highest BCUT2D eigenvalue weighted by Crippen LogP contribution is 2.22. The van der Waals surface area contributed by atoms with Gasteiger partial charge in [-0.15, -0.1) is 0 Å².